The van der Waals surface area contributed by atoms with E-state index < -0.39 is 19.9 Å². The lowest BCUT2D eigenvalue weighted by molar-refractivity contribution is -0.179. The summed E-state index contributed by atoms with van der Waals surface area (Å²) in [6.45, 7) is 10.4. The van der Waals surface area contributed by atoms with Crippen molar-refractivity contribution in [3.05, 3.63) is 9.80 Å². The van der Waals surface area contributed by atoms with Crippen molar-refractivity contribution >= 4 is 29.5 Å². The van der Waals surface area contributed by atoms with Crippen LogP contribution in [0.3, 0.4) is 0 Å². The maximum absolute atomic E-state index is 13.3. The number of hydrogen-bond acceptors (Lipinski definition) is 6. The van der Waals surface area contributed by atoms with Gasteiger partial charge in [-0.3, -0.25) is 4.57 Å². The first-order valence-electron chi connectivity index (χ1n) is 9.39. The second-order valence-electron chi connectivity index (χ2n) is 7.27. The molecule has 1 heterocycles. The Morgan fingerprint density at radius 1 is 1.23 bits per heavy atom. The van der Waals surface area contributed by atoms with Gasteiger partial charge in [0, 0.05) is 0 Å². The van der Waals surface area contributed by atoms with Crippen molar-refractivity contribution in [1.29, 1.82) is 0 Å². The molecule has 1 saturated carbocycles. The third-order valence-electron chi connectivity index (χ3n) is 4.99. The van der Waals surface area contributed by atoms with Crippen LogP contribution < -0.4 is 0 Å². The smallest absolute Gasteiger partial charge is 0.365 e. The molecule has 1 aliphatic carbocycles. The van der Waals surface area contributed by atoms with Gasteiger partial charge >= 0.3 is 13.6 Å². The Balaban J connectivity index is 2.29. The largest absolute Gasteiger partial charge is 0.427 e. The van der Waals surface area contributed by atoms with Crippen molar-refractivity contribution in [1.82, 2.24) is 0 Å². The minimum Gasteiger partial charge on any atom is -0.427 e. The summed E-state index contributed by atoms with van der Waals surface area (Å²) in [6, 6.07) is 0. The van der Waals surface area contributed by atoms with Crippen LogP contribution in [0.15, 0.2) is 9.80 Å². The topological polar surface area (TPSA) is 71.1 Å². The molecule has 26 heavy (non-hydrogen) atoms. The number of hydrogen-bond donors (Lipinski definition) is 0. The Morgan fingerprint density at radius 2 is 1.85 bits per heavy atom. The van der Waals surface area contributed by atoms with Crippen molar-refractivity contribution in [2.24, 2.45) is 17.8 Å². The average Bonchev–Trinajstić information content (AvgIpc) is 2.82. The quantitative estimate of drug-likeness (QED) is 0.371. The molecule has 0 amide bonds. The van der Waals surface area contributed by atoms with Gasteiger partial charge in [-0.2, -0.15) is 0 Å². The number of halogens is 1. The van der Waals surface area contributed by atoms with Crippen LogP contribution in [-0.4, -0.2) is 31.6 Å². The molecule has 2 rings (SSSR count). The maximum atomic E-state index is 13.3. The third-order valence-corrected chi connectivity index (χ3v) is 8.27. The van der Waals surface area contributed by atoms with Crippen LogP contribution in [-0.2, 0) is 27.9 Å². The van der Waals surface area contributed by atoms with Crippen molar-refractivity contribution < 1.29 is 27.9 Å². The fourth-order valence-corrected chi connectivity index (χ4v) is 6.37. The van der Waals surface area contributed by atoms with Crippen molar-refractivity contribution in [2.75, 3.05) is 13.2 Å². The van der Waals surface area contributed by atoms with E-state index in [2.05, 4.69) is 36.7 Å². The van der Waals surface area contributed by atoms with E-state index in [4.69, 9.17) is 18.5 Å². The van der Waals surface area contributed by atoms with E-state index in [1.165, 1.54) is 0 Å². The second-order valence-corrected chi connectivity index (χ2v) is 10.1. The summed E-state index contributed by atoms with van der Waals surface area (Å²) in [6.07, 6.45) is 2.00. The second kappa shape index (κ2) is 9.33. The first-order chi connectivity index (χ1) is 12.2. The molecule has 2 aliphatic rings. The normalized spacial score (nSPS) is 30.2. The fourth-order valence-electron chi connectivity index (χ4n) is 3.70. The Morgan fingerprint density at radius 3 is 2.38 bits per heavy atom. The van der Waals surface area contributed by atoms with Crippen LogP contribution in [0, 0.1) is 17.8 Å². The molecule has 150 valence electrons. The Kier molecular flexibility index (Phi) is 7.93. The minimum absolute atomic E-state index is 0.0679. The summed E-state index contributed by atoms with van der Waals surface area (Å²) in [5, 5.41) is 0.145. The van der Waals surface area contributed by atoms with Gasteiger partial charge in [-0.1, -0.05) is 27.2 Å². The molecule has 0 aromatic rings. The standard InChI is InChI=1S/C18H30BrO6P/c1-6-22-26(21,23-7-2)16-15(19)17(20)25-18(16)24-14-10-12(5)8-9-13(14)11(3)4/h11-14,18H,6-10H2,1-5H3/t12-,13+,14-,18+/m1/s1. The molecule has 4 atom stereocenters. The number of ether oxygens (including phenoxy) is 2. The van der Waals surface area contributed by atoms with Crippen LogP contribution in [0.1, 0.15) is 53.9 Å². The van der Waals surface area contributed by atoms with Crippen LogP contribution in [0.4, 0.5) is 0 Å². The van der Waals surface area contributed by atoms with Crippen molar-refractivity contribution in [3.8, 4) is 0 Å². The van der Waals surface area contributed by atoms with Gasteiger partial charge in [0.15, 0.2) is 0 Å². The molecule has 0 radical (unpaired) electrons. The van der Waals surface area contributed by atoms with Gasteiger partial charge < -0.3 is 18.5 Å². The lowest BCUT2D eigenvalue weighted by Gasteiger charge is -2.38. The van der Waals surface area contributed by atoms with Crippen LogP contribution in [0.5, 0.6) is 0 Å². The van der Waals surface area contributed by atoms with Gasteiger partial charge in [0.1, 0.15) is 9.80 Å². The molecule has 0 unspecified atom stereocenters. The van der Waals surface area contributed by atoms with Gasteiger partial charge in [-0.05, 0) is 60.4 Å². The van der Waals surface area contributed by atoms with Gasteiger partial charge in [0.05, 0.1) is 19.3 Å². The predicted octanol–water partition coefficient (Wildman–Crippen LogP) is 5.22. The highest BCUT2D eigenvalue weighted by Crippen LogP contribution is 2.61. The first-order valence-corrected chi connectivity index (χ1v) is 11.7. The Hall–Kier alpha value is -0.200. The third kappa shape index (κ3) is 4.79. The summed E-state index contributed by atoms with van der Waals surface area (Å²) in [5.74, 6) is 0.748. The van der Waals surface area contributed by atoms with E-state index in [9.17, 15) is 9.36 Å². The zero-order valence-corrected chi connectivity index (χ0v) is 18.7. The summed E-state index contributed by atoms with van der Waals surface area (Å²) in [5.41, 5.74) is 0. The summed E-state index contributed by atoms with van der Waals surface area (Å²) in [4.78, 5) is 12.1. The van der Waals surface area contributed by atoms with Crippen molar-refractivity contribution in [3.63, 3.8) is 0 Å². The van der Waals surface area contributed by atoms with Crippen LogP contribution in [0.2, 0.25) is 0 Å². The van der Waals surface area contributed by atoms with Gasteiger partial charge in [-0.15, -0.1) is 0 Å². The predicted molar refractivity (Wildman–Crippen MR) is 103 cm³/mol. The lowest BCUT2D eigenvalue weighted by atomic mass is 9.75. The maximum Gasteiger partial charge on any atom is 0.365 e. The van der Waals surface area contributed by atoms with Crippen molar-refractivity contribution in [2.45, 2.75) is 66.3 Å². The summed E-state index contributed by atoms with van der Waals surface area (Å²) >= 11 is 3.20. The van der Waals surface area contributed by atoms with Gasteiger partial charge in [-0.25, -0.2) is 4.79 Å². The molecule has 1 aliphatic heterocycles. The van der Waals surface area contributed by atoms with E-state index in [0.29, 0.717) is 17.8 Å². The molecular weight excluding hydrogens is 423 g/mol. The molecular formula is C18H30BrO6P. The monoisotopic (exact) mass is 452 g/mol. The SMILES string of the molecule is CCOP(=O)(OCC)C1=C(Br)C(=O)O[C@@H]1O[C@@H]1C[C@H](C)CC[C@H]1C(C)C. The number of rotatable bonds is 8. The zero-order chi connectivity index (χ0) is 19.5. The highest BCUT2D eigenvalue weighted by atomic mass is 79.9. The number of esters is 1. The number of carbonyl (C=O) groups excluding carboxylic acids is 1. The van der Waals surface area contributed by atoms with Crippen LogP contribution in [0.25, 0.3) is 0 Å². The molecule has 6 nitrogen and oxygen atoms in total. The number of cyclic esters (lactones) is 1. The summed E-state index contributed by atoms with van der Waals surface area (Å²) < 4.78 is 35.8. The molecule has 0 aromatic heterocycles. The molecule has 0 bridgehead atoms. The average molecular weight is 453 g/mol. The Labute approximate surface area is 164 Å². The van der Waals surface area contributed by atoms with E-state index in [-0.39, 0.29) is 29.1 Å². The lowest BCUT2D eigenvalue weighted by Crippen LogP contribution is -2.37. The molecule has 0 N–H and O–H groups in total. The van der Waals surface area contributed by atoms with E-state index in [1.807, 2.05) is 0 Å². The number of carbonyl (C=O) groups is 1. The highest BCUT2D eigenvalue weighted by Gasteiger charge is 2.48. The molecule has 0 saturated heterocycles. The van der Waals surface area contributed by atoms with E-state index >= 15 is 0 Å². The van der Waals surface area contributed by atoms with E-state index in [1.54, 1.807) is 13.8 Å². The van der Waals surface area contributed by atoms with Crippen LogP contribution >= 0.6 is 23.5 Å². The first kappa shape index (κ1) is 22.1. The molecule has 8 heteroatoms. The highest BCUT2D eigenvalue weighted by molar-refractivity contribution is 9.12. The molecule has 1 fully saturated rings. The minimum atomic E-state index is -3.68. The summed E-state index contributed by atoms with van der Waals surface area (Å²) in [7, 11) is -3.68. The molecule has 0 aromatic carbocycles. The molecule has 0 spiro atoms. The Bertz CT molecular complexity index is 580. The fraction of sp³-hybridized carbons (Fsp3) is 0.833. The van der Waals surface area contributed by atoms with E-state index in [0.717, 1.165) is 19.3 Å². The van der Waals surface area contributed by atoms with Gasteiger partial charge in [0.2, 0.25) is 6.29 Å². The zero-order valence-electron chi connectivity index (χ0n) is 16.2. The van der Waals surface area contributed by atoms with Gasteiger partial charge in [0.25, 0.3) is 0 Å².